The second-order valence-electron chi connectivity index (χ2n) is 7.32. The minimum Gasteiger partial charge on any atom is -0.310 e. The standard InChI is InChI=1S/C16H31NS/c1-12-11-16(2,3)10-9-13(12)17-14-7-5-6-8-15(14)18-4/h12-15,17H,5-11H2,1-4H3. The molecule has 0 amide bonds. The second kappa shape index (κ2) is 6.17. The lowest BCUT2D eigenvalue weighted by molar-refractivity contribution is 0.137. The van der Waals surface area contributed by atoms with Gasteiger partial charge in [-0.3, -0.25) is 0 Å². The Bertz CT molecular complexity index is 264. The quantitative estimate of drug-likeness (QED) is 0.811. The lowest BCUT2D eigenvalue weighted by Crippen LogP contribution is -2.50. The Morgan fingerprint density at radius 2 is 1.78 bits per heavy atom. The fraction of sp³-hybridized carbons (Fsp3) is 1.00. The summed E-state index contributed by atoms with van der Waals surface area (Å²) in [4.78, 5) is 0. The third-order valence-electron chi connectivity index (χ3n) is 5.13. The van der Waals surface area contributed by atoms with Gasteiger partial charge in [-0.2, -0.15) is 11.8 Å². The summed E-state index contributed by atoms with van der Waals surface area (Å²) in [5.74, 6) is 0.846. The van der Waals surface area contributed by atoms with Crippen LogP contribution in [0.25, 0.3) is 0 Å². The molecule has 0 aromatic rings. The molecule has 0 heterocycles. The minimum absolute atomic E-state index is 0.572. The Morgan fingerprint density at radius 3 is 2.44 bits per heavy atom. The Labute approximate surface area is 118 Å². The van der Waals surface area contributed by atoms with Crippen LogP contribution in [0.15, 0.2) is 0 Å². The SMILES string of the molecule is CSC1CCCCC1NC1CCC(C)(C)CC1C. The van der Waals surface area contributed by atoms with Crippen LogP contribution in [0, 0.1) is 11.3 Å². The number of nitrogens with one attached hydrogen (secondary N) is 1. The van der Waals surface area contributed by atoms with E-state index in [-0.39, 0.29) is 0 Å². The van der Waals surface area contributed by atoms with Gasteiger partial charge in [0.05, 0.1) is 0 Å². The van der Waals surface area contributed by atoms with Crippen molar-refractivity contribution in [2.24, 2.45) is 11.3 Å². The molecule has 0 bridgehead atoms. The van der Waals surface area contributed by atoms with Crippen molar-refractivity contribution < 1.29 is 0 Å². The van der Waals surface area contributed by atoms with Crippen molar-refractivity contribution in [2.45, 2.75) is 83.1 Å². The van der Waals surface area contributed by atoms with E-state index in [1.165, 1.54) is 44.9 Å². The maximum absolute atomic E-state index is 4.03. The van der Waals surface area contributed by atoms with Gasteiger partial charge in [-0.05, 0) is 49.7 Å². The van der Waals surface area contributed by atoms with Crippen molar-refractivity contribution in [3.63, 3.8) is 0 Å². The zero-order chi connectivity index (χ0) is 13.2. The molecule has 4 unspecified atom stereocenters. The van der Waals surface area contributed by atoms with E-state index in [0.717, 1.165) is 23.3 Å². The molecule has 0 saturated heterocycles. The molecule has 2 fully saturated rings. The molecule has 2 saturated carbocycles. The zero-order valence-electron chi connectivity index (χ0n) is 12.7. The van der Waals surface area contributed by atoms with Crippen molar-refractivity contribution in [1.29, 1.82) is 0 Å². The van der Waals surface area contributed by atoms with Gasteiger partial charge in [-0.25, -0.2) is 0 Å². The first kappa shape index (κ1) is 14.7. The van der Waals surface area contributed by atoms with Crippen LogP contribution in [-0.2, 0) is 0 Å². The van der Waals surface area contributed by atoms with Gasteiger partial charge >= 0.3 is 0 Å². The van der Waals surface area contributed by atoms with E-state index >= 15 is 0 Å². The molecule has 2 aliphatic carbocycles. The van der Waals surface area contributed by atoms with E-state index in [4.69, 9.17) is 0 Å². The van der Waals surface area contributed by atoms with Gasteiger partial charge in [-0.1, -0.05) is 33.6 Å². The molecule has 0 aromatic heterocycles. The maximum Gasteiger partial charge on any atom is 0.0198 e. The smallest absolute Gasteiger partial charge is 0.0198 e. The Morgan fingerprint density at radius 1 is 1.06 bits per heavy atom. The molecule has 2 heteroatoms. The van der Waals surface area contributed by atoms with Gasteiger partial charge < -0.3 is 5.32 Å². The normalized spacial score (nSPS) is 40.7. The molecule has 2 rings (SSSR count). The molecule has 1 nitrogen and oxygen atoms in total. The summed E-state index contributed by atoms with van der Waals surface area (Å²) in [6.45, 7) is 7.32. The topological polar surface area (TPSA) is 12.0 Å². The van der Waals surface area contributed by atoms with Crippen LogP contribution in [0.5, 0.6) is 0 Å². The minimum atomic E-state index is 0.572. The highest BCUT2D eigenvalue weighted by molar-refractivity contribution is 7.99. The van der Waals surface area contributed by atoms with Gasteiger partial charge in [0.25, 0.3) is 0 Å². The van der Waals surface area contributed by atoms with Gasteiger partial charge in [0.15, 0.2) is 0 Å². The Balaban J connectivity index is 1.88. The molecule has 0 aromatic carbocycles. The highest BCUT2D eigenvalue weighted by Gasteiger charge is 2.34. The molecular formula is C16H31NS. The van der Waals surface area contributed by atoms with Crippen LogP contribution in [0.2, 0.25) is 0 Å². The molecule has 0 spiro atoms. The first-order valence-electron chi connectivity index (χ1n) is 7.81. The van der Waals surface area contributed by atoms with Crippen LogP contribution in [0.3, 0.4) is 0 Å². The molecular weight excluding hydrogens is 238 g/mol. The number of thioether (sulfide) groups is 1. The van der Waals surface area contributed by atoms with Crippen molar-refractivity contribution in [2.75, 3.05) is 6.26 Å². The largest absolute Gasteiger partial charge is 0.310 e. The van der Waals surface area contributed by atoms with E-state index in [2.05, 4.69) is 44.1 Å². The Kier molecular flexibility index (Phi) is 5.05. The van der Waals surface area contributed by atoms with E-state index in [9.17, 15) is 0 Å². The van der Waals surface area contributed by atoms with Crippen molar-refractivity contribution >= 4 is 11.8 Å². The van der Waals surface area contributed by atoms with E-state index < -0.39 is 0 Å². The predicted octanol–water partition coefficient (Wildman–Crippen LogP) is 4.47. The zero-order valence-corrected chi connectivity index (χ0v) is 13.5. The molecule has 1 N–H and O–H groups in total. The van der Waals surface area contributed by atoms with Gasteiger partial charge in [0.1, 0.15) is 0 Å². The summed E-state index contributed by atoms with van der Waals surface area (Å²) in [6.07, 6.45) is 12.2. The summed E-state index contributed by atoms with van der Waals surface area (Å²) in [6, 6.07) is 1.55. The average Bonchev–Trinajstić information content (AvgIpc) is 2.33. The van der Waals surface area contributed by atoms with E-state index in [0.29, 0.717) is 5.41 Å². The third kappa shape index (κ3) is 3.66. The molecule has 18 heavy (non-hydrogen) atoms. The first-order valence-corrected chi connectivity index (χ1v) is 9.09. The molecule has 106 valence electrons. The summed E-state index contributed by atoms with van der Waals surface area (Å²) in [5, 5.41) is 4.89. The van der Waals surface area contributed by atoms with Crippen LogP contribution in [-0.4, -0.2) is 23.6 Å². The predicted molar refractivity (Wildman–Crippen MR) is 83.3 cm³/mol. The highest BCUT2D eigenvalue weighted by atomic mass is 32.2. The lowest BCUT2D eigenvalue weighted by atomic mass is 9.70. The van der Waals surface area contributed by atoms with Crippen molar-refractivity contribution in [3.8, 4) is 0 Å². The molecule has 0 radical (unpaired) electrons. The maximum atomic E-state index is 4.03. The summed E-state index contributed by atoms with van der Waals surface area (Å²) < 4.78 is 0. The van der Waals surface area contributed by atoms with Crippen LogP contribution < -0.4 is 5.32 Å². The number of hydrogen-bond donors (Lipinski definition) is 1. The van der Waals surface area contributed by atoms with Gasteiger partial charge in [-0.15, -0.1) is 0 Å². The molecule has 0 aliphatic heterocycles. The summed E-state index contributed by atoms with van der Waals surface area (Å²) in [5.41, 5.74) is 0.572. The van der Waals surface area contributed by atoms with Crippen molar-refractivity contribution in [3.05, 3.63) is 0 Å². The lowest BCUT2D eigenvalue weighted by Gasteiger charge is -2.43. The Hall–Kier alpha value is 0.310. The van der Waals surface area contributed by atoms with E-state index in [1.54, 1.807) is 0 Å². The van der Waals surface area contributed by atoms with Gasteiger partial charge in [0, 0.05) is 17.3 Å². The average molecular weight is 269 g/mol. The highest BCUT2D eigenvalue weighted by Crippen LogP contribution is 2.39. The molecule has 4 atom stereocenters. The van der Waals surface area contributed by atoms with Crippen molar-refractivity contribution in [1.82, 2.24) is 5.32 Å². The fourth-order valence-corrected chi connectivity index (χ4v) is 4.98. The van der Waals surface area contributed by atoms with Gasteiger partial charge in [0.2, 0.25) is 0 Å². The summed E-state index contributed by atoms with van der Waals surface area (Å²) in [7, 11) is 0. The number of hydrogen-bond acceptors (Lipinski definition) is 2. The monoisotopic (exact) mass is 269 g/mol. The van der Waals surface area contributed by atoms with Crippen LogP contribution >= 0.6 is 11.8 Å². The van der Waals surface area contributed by atoms with E-state index in [1.807, 2.05) is 0 Å². The summed E-state index contributed by atoms with van der Waals surface area (Å²) >= 11 is 2.08. The third-order valence-corrected chi connectivity index (χ3v) is 6.30. The second-order valence-corrected chi connectivity index (χ2v) is 8.40. The van der Waals surface area contributed by atoms with Crippen LogP contribution in [0.1, 0.15) is 65.7 Å². The fourth-order valence-electron chi connectivity index (χ4n) is 4.04. The first-order chi connectivity index (χ1) is 8.52. The van der Waals surface area contributed by atoms with Crippen LogP contribution in [0.4, 0.5) is 0 Å². The number of rotatable bonds is 3. The molecule has 2 aliphatic rings.